The number of aliphatic hydroxyl groups excluding tert-OH is 11. The van der Waals surface area contributed by atoms with Crippen LogP contribution in [0, 0.1) is 17.8 Å². The van der Waals surface area contributed by atoms with Crippen LogP contribution in [-0.2, 0) is 77.7 Å². The number of benzene rings is 1. The van der Waals surface area contributed by atoms with E-state index in [9.17, 15) is 75.3 Å². The van der Waals surface area contributed by atoms with Crippen molar-refractivity contribution in [2.45, 2.75) is 131 Å². The van der Waals surface area contributed by atoms with Crippen molar-refractivity contribution in [3.8, 4) is 5.75 Å². The highest BCUT2D eigenvalue weighted by molar-refractivity contribution is 5.91. The molecule has 75 heavy (non-hydrogen) atoms. The number of carbonyl (C=O) groups is 4. The maximum atomic E-state index is 13.4. The van der Waals surface area contributed by atoms with Gasteiger partial charge < -0.3 is 113 Å². The van der Waals surface area contributed by atoms with Gasteiger partial charge in [0.25, 0.3) is 0 Å². The Bertz CT molecular complexity index is 2200. The smallest absolute Gasteiger partial charge is 0.337 e. The maximum Gasteiger partial charge on any atom is 0.337 e. The highest BCUT2D eigenvalue weighted by atomic mass is 16.8. The topological polar surface area (TPSA) is 402 Å². The molecular weight excluding hydrogens is 1010 g/mol. The van der Waals surface area contributed by atoms with Gasteiger partial charge in [0, 0.05) is 29.7 Å². The van der Waals surface area contributed by atoms with E-state index in [-0.39, 0.29) is 35.5 Å². The summed E-state index contributed by atoms with van der Waals surface area (Å²) in [6, 6.07) is 6.16. The third kappa shape index (κ3) is 13.7. The number of allylic oxidation sites excluding steroid dienone is 1. The van der Waals surface area contributed by atoms with E-state index in [1.54, 1.807) is 19.1 Å². The van der Waals surface area contributed by atoms with Crippen LogP contribution < -0.4 is 4.74 Å². The van der Waals surface area contributed by atoms with Crippen molar-refractivity contribution in [3.63, 3.8) is 0 Å². The number of rotatable bonds is 20. The summed E-state index contributed by atoms with van der Waals surface area (Å²) in [6.07, 6.45) is -23.6. The van der Waals surface area contributed by atoms with Gasteiger partial charge in [0.05, 0.1) is 70.6 Å². The van der Waals surface area contributed by atoms with Crippen molar-refractivity contribution in [2.24, 2.45) is 17.8 Å². The molecule has 0 aromatic heterocycles. The zero-order chi connectivity index (χ0) is 54.8. The molecule has 0 spiro atoms. The number of methoxy groups -OCH3 is 2. The quantitative estimate of drug-likeness (QED) is 0.0334. The summed E-state index contributed by atoms with van der Waals surface area (Å²) >= 11 is 0. The summed E-state index contributed by atoms with van der Waals surface area (Å²) in [5, 5.41) is 113. The Morgan fingerprint density at radius 2 is 1.13 bits per heavy atom. The number of aliphatic hydroxyl groups is 11. The first-order chi connectivity index (χ1) is 35.8. The molecule has 11 N–H and O–H groups in total. The Balaban J connectivity index is 1.01. The van der Waals surface area contributed by atoms with E-state index < -0.39 is 179 Å². The van der Waals surface area contributed by atoms with Crippen molar-refractivity contribution < 1.29 is 132 Å². The first-order valence-electron chi connectivity index (χ1n) is 23.7. The average Bonchev–Trinajstić information content (AvgIpc) is 3.41. The first kappa shape index (κ1) is 59.1. The SMILES string of the molecule is C=C[C@H]1[C@H](O[C@@H]2O[C@H](CO)[C@@H](O)[C@H](O)[C@H]2O)OC=C(C(=O)OC)[C@H]1CC(=O)OC[C@H]1O[C@@H](Oc2ccc(CCOC(=O)C[C@@H]3C(C(=O)OC)=CO[C@@H](O[C@@H]4O[C@H](CO)[C@@H](O)[C@H](O)[C@H]4O)/C3=C/C)cc2)[C@H](O)[C@@H](O)[C@@H]1O. The van der Waals surface area contributed by atoms with Gasteiger partial charge in [-0.3, -0.25) is 9.59 Å². The van der Waals surface area contributed by atoms with Crippen LogP contribution in [0.5, 0.6) is 5.75 Å². The molecular formula is C48H64O27. The Kier molecular flexibility index (Phi) is 21.1. The number of ether oxygens (including phenoxy) is 12. The molecule has 3 saturated heterocycles. The van der Waals surface area contributed by atoms with Crippen molar-refractivity contribution in [1.82, 2.24) is 0 Å². The van der Waals surface area contributed by atoms with Gasteiger partial charge in [-0.1, -0.05) is 24.3 Å². The zero-order valence-electron chi connectivity index (χ0n) is 40.8. The average molecular weight is 1070 g/mol. The molecule has 27 heteroatoms. The summed E-state index contributed by atoms with van der Waals surface area (Å²) in [5.74, 6) is -6.48. The minimum Gasteiger partial charge on any atom is -0.471 e. The van der Waals surface area contributed by atoms with Gasteiger partial charge in [0.2, 0.25) is 18.9 Å². The molecule has 0 bridgehead atoms. The molecule has 27 nitrogen and oxygen atoms in total. The summed E-state index contributed by atoms with van der Waals surface area (Å²) in [6.45, 7) is 3.04. The molecule has 20 atom stereocenters. The standard InChI is InChI=1S/C48H64O27/c1-5-22-24(26(42(62)64-3)17-68-44(22)74-47-40(60)36(56)33(53)28(15-49)71-47)13-31(51)66-12-11-20-7-9-21(10-8-20)70-46-39(59)38(58)35(55)30(73-46)19-67-32(52)14-25-23(6-2)45(69-18-27(25)43(63)65-4)75-48-41(61)37(57)34(54)29(16-50)72-48/h5-10,17-18,23-25,28-30,33-41,44-50,53-61H,2,11-16,19H2,1,3-4H3/b22-5+/t23-,24+,25+,28-,29-,30-,33-,34-,35-,36+,37+,38+,39-,40-,41-,44+,45+,46-,47+,48+/m1/s1. The summed E-state index contributed by atoms with van der Waals surface area (Å²) < 4.78 is 65.7. The molecule has 6 rings (SSSR count). The Morgan fingerprint density at radius 3 is 1.69 bits per heavy atom. The van der Waals surface area contributed by atoms with Gasteiger partial charge in [-0.15, -0.1) is 6.58 Å². The number of hydrogen-bond acceptors (Lipinski definition) is 27. The van der Waals surface area contributed by atoms with Crippen LogP contribution in [0.2, 0.25) is 0 Å². The Morgan fingerprint density at radius 1 is 0.613 bits per heavy atom. The zero-order valence-corrected chi connectivity index (χ0v) is 40.8. The van der Waals surface area contributed by atoms with Gasteiger partial charge in [0.1, 0.15) is 85.6 Å². The molecule has 1 aromatic carbocycles. The van der Waals surface area contributed by atoms with Crippen LogP contribution in [0.15, 0.2) is 72.2 Å². The van der Waals surface area contributed by atoms with Crippen molar-refractivity contribution >= 4 is 23.9 Å². The first-order valence-corrected chi connectivity index (χ1v) is 23.7. The van der Waals surface area contributed by atoms with Crippen molar-refractivity contribution in [2.75, 3.05) is 40.6 Å². The van der Waals surface area contributed by atoms with E-state index in [1.165, 1.54) is 24.3 Å². The van der Waals surface area contributed by atoms with Gasteiger partial charge in [-0.05, 0) is 24.6 Å². The third-order valence-corrected chi connectivity index (χ3v) is 13.2. The minimum atomic E-state index is -1.85. The number of hydrogen-bond donors (Lipinski definition) is 11. The molecule has 5 heterocycles. The molecule has 0 radical (unpaired) electrons. The summed E-state index contributed by atoms with van der Waals surface area (Å²) in [4.78, 5) is 52.1. The van der Waals surface area contributed by atoms with E-state index in [0.29, 0.717) is 5.56 Å². The Labute approximate surface area is 428 Å². The van der Waals surface area contributed by atoms with E-state index in [4.69, 9.17) is 56.8 Å². The third-order valence-electron chi connectivity index (χ3n) is 13.2. The fourth-order valence-electron chi connectivity index (χ4n) is 8.86. The predicted molar refractivity (Wildman–Crippen MR) is 243 cm³/mol. The van der Waals surface area contributed by atoms with E-state index in [1.807, 2.05) is 0 Å². The van der Waals surface area contributed by atoms with Gasteiger partial charge in [-0.2, -0.15) is 0 Å². The second-order valence-electron chi connectivity index (χ2n) is 17.9. The molecule has 1 aromatic rings. The fourth-order valence-corrected chi connectivity index (χ4v) is 8.86. The van der Waals surface area contributed by atoms with Crippen LogP contribution in [0.4, 0.5) is 0 Å². The van der Waals surface area contributed by atoms with Crippen molar-refractivity contribution in [3.05, 3.63) is 77.8 Å². The molecule has 5 aliphatic heterocycles. The minimum absolute atomic E-state index is 0.0601. The lowest BCUT2D eigenvalue weighted by Crippen LogP contribution is -2.60. The lowest BCUT2D eigenvalue weighted by atomic mass is 9.81. The lowest BCUT2D eigenvalue weighted by Gasteiger charge is -2.43. The summed E-state index contributed by atoms with van der Waals surface area (Å²) in [7, 11) is 2.21. The fraction of sp³-hybridized carbons (Fsp3) is 0.625. The second kappa shape index (κ2) is 26.7. The highest BCUT2D eigenvalue weighted by Crippen LogP contribution is 2.39. The summed E-state index contributed by atoms with van der Waals surface area (Å²) in [5.41, 5.74) is 0.661. The molecule has 3 fully saturated rings. The number of carbonyl (C=O) groups excluding carboxylic acids is 4. The van der Waals surface area contributed by atoms with Crippen LogP contribution in [0.25, 0.3) is 0 Å². The van der Waals surface area contributed by atoms with E-state index in [2.05, 4.69) is 6.58 Å². The van der Waals surface area contributed by atoms with Gasteiger partial charge in [-0.25, -0.2) is 9.59 Å². The molecule has 0 saturated carbocycles. The normalized spacial score (nSPS) is 37.4. The van der Waals surface area contributed by atoms with E-state index >= 15 is 0 Å². The largest absolute Gasteiger partial charge is 0.471 e. The van der Waals surface area contributed by atoms with E-state index in [0.717, 1.165) is 26.7 Å². The van der Waals surface area contributed by atoms with Gasteiger partial charge in [0.15, 0.2) is 12.6 Å². The van der Waals surface area contributed by atoms with Gasteiger partial charge >= 0.3 is 23.9 Å². The molecule has 0 aliphatic carbocycles. The molecule has 418 valence electrons. The van der Waals surface area contributed by atoms with Crippen LogP contribution in [-0.4, -0.2) is 225 Å². The number of esters is 4. The molecule has 5 aliphatic rings. The van der Waals surface area contributed by atoms with Crippen molar-refractivity contribution in [1.29, 1.82) is 0 Å². The van der Waals surface area contributed by atoms with Crippen LogP contribution >= 0.6 is 0 Å². The maximum absolute atomic E-state index is 13.4. The molecule has 0 amide bonds. The monoisotopic (exact) mass is 1070 g/mol. The van der Waals surface area contributed by atoms with Crippen LogP contribution in [0.3, 0.4) is 0 Å². The molecule has 0 unspecified atom stereocenters. The lowest BCUT2D eigenvalue weighted by molar-refractivity contribution is -0.339. The Hall–Kier alpha value is -5.18. The predicted octanol–water partition coefficient (Wildman–Crippen LogP) is -4.28. The second-order valence-corrected chi connectivity index (χ2v) is 17.9. The van der Waals surface area contributed by atoms with Crippen LogP contribution in [0.1, 0.15) is 25.3 Å². The highest BCUT2D eigenvalue weighted by Gasteiger charge is 2.50.